The molecule has 1 aromatic heterocycles. The Balaban J connectivity index is 2.31. The van der Waals surface area contributed by atoms with Crippen LogP contribution in [0.5, 0.6) is 0 Å². The fourth-order valence-corrected chi connectivity index (χ4v) is 3.67. The summed E-state index contributed by atoms with van der Waals surface area (Å²) in [5.41, 5.74) is 1.60. The van der Waals surface area contributed by atoms with Crippen molar-refractivity contribution in [1.29, 1.82) is 0 Å². The first-order chi connectivity index (χ1) is 11.9. The monoisotopic (exact) mass is 359 g/mol. The number of amides is 1. The van der Waals surface area contributed by atoms with Crippen LogP contribution in [0.4, 0.5) is 5.00 Å². The van der Waals surface area contributed by atoms with Crippen LogP contribution in [-0.2, 0) is 9.53 Å². The molecule has 0 radical (unpaired) electrons. The molecule has 5 heteroatoms. The summed E-state index contributed by atoms with van der Waals surface area (Å²) in [6.45, 7) is 8.15. The standard InChI is InChI=1S/C20H25NO3S/c1-5-24-20(23)16-12-17(14(4)15-9-7-6-8-10-15)25-19(16)21-18(22)11-13(2)3/h6-10,12-14H,5,11H2,1-4H3,(H,21,22)/t14-/m0/s1. The van der Waals surface area contributed by atoms with Gasteiger partial charge < -0.3 is 10.1 Å². The zero-order valence-electron chi connectivity index (χ0n) is 15.2. The first-order valence-corrected chi connectivity index (χ1v) is 9.39. The Morgan fingerprint density at radius 3 is 2.44 bits per heavy atom. The molecule has 1 heterocycles. The molecule has 0 saturated heterocycles. The maximum absolute atomic E-state index is 12.3. The molecule has 0 saturated carbocycles. The number of esters is 1. The molecule has 25 heavy (non-hydrogen) atoms. The molecule has 134 valence electrons. The summed E-state index contributed by atoms with van der Waals surface area (Å²) < 4.78 is 5.15. The number of ether oxygens (including phenoxy) is 1. The molecule has 0 aliphatic heterocycles. The number of rotatable bonds is 7. The predicted octanol–water partition coefficient (Wildman–Crippen LogP) is 5.06. The number of carbonyl (C=O) groups excluding carboxylic acids is 2. The molecule has 0 bridgehead atoms. The van der Waals surface area contributed by atoms with Gasteiger partial charge in [0, 0.05) is 17.2 Å². The SMILES string of the molecule is CCOC(=O)c1cc([C@@H](C)c2ccccc2)sc1NC(=O)CC(C)C. The van der Waals surface area contributed by atoms with Gasteiger partial charge in [0.2, 0.25) is 5.91 Å². The molecule has 2 rings (SSSR count). The maximum Gasteiger partial charge on any atom is 0.341 e. The van der Waals surface area contributed by atoms with E-state index in [4.69, 9.17) is 4.74 Å². The van der Waals surface area contributed by atoms with Crippen molar-refractivity contribution >= 4 is 28.2 Å². The van der Waals surface area contributed by atoms with Gasteiger partial charge in [0.15, 0.2) is 0 Å². The Kier molecular flexibility index (Phi) is 6.76. The predicted molar refractivity (Wildman–Crippen MR) is 102 cm³/mol. The molecule has 0 fully saturated rings. The number of benzene rings is 1. The summed E-state index contributed by atoms with van der Waals surface area (Å²) in [4.78, 5) is 25.4. The van der Waals surface area contributed by atoms with Gasteiger partial charge in [-0.05, 0) is 24.5 Å². The van der Waals surface area contributed by atoms with E-state index in [0.29, 0.717) is 23.6 Å². The molecule has 1 amide bonds. The zero-order valence-corrected chi connectivity index (χ0v) is 16.0. The second-order valence-electron chi connectivity index (χ2n) is 6.39. The highest BCUT2D eigenvalue weighted by Crippen LogP contribution is 2.36. The van der Waals surface area contributed by atoms with E-state index in [2.05, 4.69) is 24.4 Å². The molecule has 0 aliphatic carbocycles. The van der Waals surface area contributed by atoms with Gasteiger partial charge in [-0.3, -0.25) is 4.79 Å². The average Bonchev–Trinajstić information content (AvgIpc) is 2.98. The third-order valence-electron chi connectivity index (χ3n) is 3.82. The number of hydrogen-bond donors (Lipinski definition) is 1. The van der Waals surface area contributed by atoms with E-state index in [1.54, 1.807) is 6.92 Å². The summed E-state index contributed by atoms with van der Waals surface area (Å²) >= 11 is 1.44. The number of carbonyl (C=O) groups is 2. The van der Waals surface area contributed by atoms with Crippen LogP contribution in [0.1, 0.15) is 60.8 Å². The lowest BCUT2D eigenvalue weighted by Gasteiger charge is -2.09. The Morgan fingerprint density at radius 2 is 1.84 bits per heavy atom. The van der Waals surface area contributed by atoms with E-state index in [-0.39, 0.29) is 17.7 Å². The van der Waals surface area contributed by atoms with E-state index in [1.807, 2.05) is 38.1 Å². The third-order valence-corrected chi connectivity index (χ3v) is 5.05. The molecule has 1 N–H and O–H groups in total. The van der Waals surface area contributed by atoms with E-state index in [1.165, 1.54) is 16.9 Å². The Bertz CT molecular complexity index is 722. The Labute approximate surface area is 153 Å². The quantitative estimate of drug-likeness (QED) is 0.703. The fourth-order valence-electron chi connectivity index (χ4n) is 2.53. The second-order valence-corrected chi connectivity index (χ2v) is 7.47. The van der Waals surface area contributed by atoms with E-state index < -0.39 is 5.97 Å². The number of hydrogen-bond acceptors (Lipinski definition) is 4. The minimum absolute atomic E-state index is 0.0821. The van der Waals surface area contributed by atoms with Crippen LogP contribution in [0.25, 0.3) is 0 Å². The average molecular weight is 359 g/mol. The summed E-state index contributed by atoms with van der Waals surface area (Å²) in [5.74, 6) is -0.0877. The van der Waals surface area contributed by atoms with Crippen molar-refractivity contribution in [2.24, 2.45) is 5.92 Å². The van der Waals surface area contributed by atoms with Crippen molar-refractivity contribution in [2.45, 2.75) is 40.0 Å². The van der Waals surface area contributed by atoms with Gasteiger partial charge in [-0.25, -0.2) is 4.79 Å². The Hall–Kier alpha value is -2.14. The highest BCUT2D eigenvalue weighted by Gasteiger charge is 2.22. The number of anilines is 1. The molecule has 0 spiro atoms. The molecule has 1 atom stereocenters. The van der Waals surface area contributed by atoms with E-state index in [9.17, 15) is 9.59 Å². The van der Waals surface area contributed by atoms with Crippen molar-refractivity contribution in [2.75, 3.05) is 11.9 Å². The fraction of sp³-hybridized carbons (Fsp3) is 0.400. The molecular formula is C20H25NO3S. The molecule has 0 aliphatic rings. The Morgan fingerprint density at radius 1 is 1.16 bits per heavy atom. The topological polar surface area (TPSA) is 55.4 Å². The zero-order chi connectivity index (χ0) is 18.4. The van der Waals surface area contributed by atoms with Gasteiger partial charge in [0.1, 0.15) is 5.00 Å². The number of thiophene rings is 1. The lowest BCUT2D eigenvalue weighted by molar-refractivity contribution is -0.116. The van der Waals surface area contributed by atoms with Crippen molar-refractivity contribution in [3.05, 3.63) is 52.4 Å². The van der Waals surface area contributed by atoms with Crippen LogP contribution in [0, 0.1) is 5.92 Å². The van der Waals surface area contributed by atoms with Crippen LogP contribution in [-0.4, -0.2) is 18.5 Å². The summed E-state index contributed by atoms with van der Waals surface area (Å²) in [6.07, 6.45) is 0.420. The van der Waals surface area contributed by atoms with Crippen LogP contribution in [0.3, 0.4) is 0 Å². The molecule has 0 unspecified atom stereocenters. The molecule has 1 aromatic carbocycles. The van der Waals surface area contributed by atoms with Gasteiger partial charge >= 0.3 is 5.97 Å². The van der Waals surface area contributed by atoms with Crippen LogP contribution < -0.4 is 5.32 Å². The summed E-state index contributed by atoms with van der Waals surface area (Å²) in [6, 6.07) is 11.9. The maximum atomic E-state index is 12.3. The lowest BCUT2D eigenvalue weighted by atomic mass is 9.99. The normalized spacial score (nSPS) is 12.0. The first-order valence-electron chi connectivity index (χ1n) is 8.58. The first kappa shape index (κ1) is 19.2. The minimum Gasteiger partial charge on any atom is -0.462 e. The minimum atomic E-state index is -0.398. The van der Waals surface area contributed by atoms with Crippen LogP contribution >= 0.6 is 11.3 Å². The van der Waals surface area contributed by atoms with Crippen LogP contribution in [0.15, 0.2) is 36.4 Å². The van der Waals surface area contributed by atoms with Gasteiger partial charge in [0.25, 0.3) is 0 Å². The largest absolute Gasteiger partial charge is 0.462 e. The van der Waals surface area contributed by atoms with Crippen LogP contribution in [0.2, 0.25) is 0 Å². The van der Waals surface area contributed by atoms with Crippen molar-refractivity contribution in [3.63, 3.8) is 0 Å². The van der Waals surface area contributed by atoms with Gasteiger partial charge in [0.05, 0.1) is 12.2 Å². The van der Waals surface area contributed by atoms with E-state index in [0.717, 1.165) is 4.88 Å². The van der Waals surface area contributed by atoms with Crippen molar-refractivity contribution in [1.82, 2.24) is 0 Å². The van der Waals surface area contributed by atoms with Crippen molar-refractivity contribution in [3.8, 4) is 0 Å². The highest BCUT2D eigenvalue weighted by molar-refractivity contribution is 7.16. The smallest absolute Gasteiger partial charge is 0.341 e. The van der Waals surface area contributed by atoms with Gasteiger partial charge in [-0.15, -0.1) is 11.3 Å². The summed E-state index contributed by atoms with van der Waals surface area (Å²) in [5, 5.41) is 3.46. The highest BCUT2D eigenvalue weighted by atomic mass is 32.1. The molecule has 4 nitrogen and oxygen atoms in total. The molecular weight excluding hydrogens is 334 g/mol. The lowest BCUT2D eigenvalue weighted by Crippen LogP contribution is -2.15. The second kappa shape index (κ2) is 8.81. The number of nitrogens with one attached hydrogen (secondary N) is 1. The van der Waals surface area contributed by atoms with E-state index >= 15 is 0 Å². The van der Waals surface area contributed by atoms with Gasteiger partial charge in [-0.1, -0.05) is 51.1 Å². The third kappa shape index (κ3) is 5.16. The summed E-state index contributed by atoms with van der Waals surface area (Å²) in [7, 11) is 0. The van der Waals surface area contributed by atoms with Crippen molar-refractivity contribution < 1.29 is 14.3 Å². The molecule has 2 aromatic rings. The van der Waals surface area contributed by atoms with Gasteiger partial charge in [-0.2, -0.15) is 0 Å².